The van der Waals surface area contributed by atoms with Crippen LogP contribution in [0.3, 0.4) is 0 Å². The van der Waals surface area contributed by atoms with Gasteiger partial charge in [-0.05, 0) is 62.4 Å². The second kappa shape index (κ2) is 10.2. The summed E-state index contributed by atoms with van der Waals surface area (Å²) in [6, 6.07) is 13.0. The van der Waals surface area contributed by atoms with Crippen LogP contribution in [0, 0.1) is 0 Å². The maximum Gasteiger partial charge on any atom is 0.347 e. The van der Waals surface area contributed by atoms with Gasteiger partial charge in [0.05, 0.1) is 0 Å². The zero-order valence-electron chi connectivity index (χ0n) is 16.0. The fourth-order valence-corrected chi connectivity index (χ4v) is 2.51. The lowest BCUT2D eigenvalue weighted by molar-refractivity contribution is -0.152. The molecule has 0 unspecified atom stereocenters. The third kappa shape index (κ3) is 6.64. The standard InChI is InChI=1S/C17H15ClO4.C4H10N2/c1-17(2,16(20)21)22-14-9-5-12(6-10-14)15(19)11-3-7-13(18)8-4-11;1-2-6-4-3-5-1/h3-10H,1-2H3,(H,20,21);5-6H,1-4H2. The highest BCUT2D eigenvalue weighted by Crippen LogP contribution is 2.21. The van der Waals surface area contributed by atoms with E-state index in [1.807, 2.05) is 0 Å². The van der Waals surface area contributed by atoms with E-state index in [2.05, 4.69) is 10.6 Å². The lowest BCUT2D eigenvalue weighted by Crippen LogP contribution is -2.39. The Morgan fingerprint density at radius 1 is 0.893 bits per heavy atom. The number of halogens is 1. The number of carboxylic acid groups (broad SMARTS) is 1. The first-order valence-corrected chi connectivity index (χ1v) is 9.41. The van der Waals surface area contributed by atoms with E-state index in [-0.39, 0.29) is 5.78 Å². The number of hydrogen-bond donors (Lipinski definition) is 3. The third-order valence-electron chi connectivity index (χ3n) is 4.07. The molecule has 2 aromatic carbocycles. The molecule has 0 amide bonds. The molecule has 3 N–H and O–H groups in total. The van der Waals surface area contributed by atoms with Crippen LogP contribution in [0.5, 0.6) is 5.75 Å². The lowest BCUT2D eigenvalue weighted by atomic mass is 10.0. The number of rotatable bonds is 5. The molecule has 0 atom stereocenters. The van der Waals surface area contributed by atoms with Gasteiger partial charge in [-0.15, -0.1) is 0 Å². The number of ether oxygens (including phenoxy) is 1. The molecular weight excluding hydrogens is 380 g/mol. The lowest BCUT2D eigenvalue weighted by Gasteiger charge is -2.21. The molecule has 7 heteroatoms. The zero-order valence-corrected chi connectivity index (χ0v) is 16.8. The maximum atomic E-state index is 12.3. The number of hydrogen-bond acceptors (Lipinski definition) is 5. The van der Waals surface area contributed by atoms with Crippen molar-refractivity contribution in [2.45, 2.75) is 19.4 Å². The molecule has 28 heavy (non-hydrogen) atoms. The Kier molecular flexibility index (Phi) is 7.99. The van der Waals surface area contributed by atoms with E-state index in [1.165, 1.54) is 13.8 Å². The van der Waals surface area contributed by atoms with Crippen molar-refractivity contribution < 1.29 is 19.4 Å². The van der Waals surface area contributed by atoms with Gasteiger partial charge in [0.15, 0.2) is 11.4 Å². The minimum Gasteiger partial charge on any atom is -0.478 e. The number of piperazine rings is 1. The van der Waals surface area contributed by atoms with Crippen molar-refractivity contribution in [2.24, 2.45) is 0 Å². The molecule has 1 aliphatic rings. The topological polar surface area (TPSA) is 87.7 Å². The van der Waals surface area contributed by atoms with Gasteiger partial charge >= 0.3 is 5.97 Å². The molecule has 0 bridgehead atoms. The van der Waals surface area contributed by atoms with Crippen LogP contribution in [-0.2, 0) is 4.79 Å². The fourth-order valence-electron chi connectivity index (χ4n) is 2.38. The average Bonchev–Trinajstić information content (AvgIpc) is 2.70. The number of carbonyl (C=O) groups is 2. The minimum atomic E-state index is -1.33. The van der Waals surface area contributed by atoms with Crippen LogP contribution in [0.4, 0.5) is 0 Å². The normalized spacial score (nSPS) is 13.8. The van der Waals surface area contributed by atoms with Crippen molar-refractivity contribution >= 4 is 23.4 Å². The van der Waals surface area contributed by atoms with Gasteiger partial charge in [0.1, 0.15) is 5.75 Å². The molecule has 1 aliphatic heterocycles. The minimum absolute atomic E-state index is 0.138. The van der Waals surface area contributed by atoms with E-state index in [1.54, 1.807) is 48.5 Å². The molecule has 1 fully saturated rings. The van der Waals surface area contributed by atoms with E-state index in [0.29, 0.717) is 21.9 Å². The molecular formula is C21H25ClN2O4. The van der Waals surface area contributed by atoms with E-state index in [4.69, 9.17) is 21.4 Å². The summed E-state index contributed by atoms with van der Waals surface area (Å²) in [6.07, 6.45) is 0. The molecule has 150 valence electrons. The molecule has 6 nitrogen and oxygen atoms in total. The average molecular weight is 405 g/mol. The molecule has 0 radical (unpaired) electrons. The molecule has 0 aromatic heterocycles. The van der Waals surface area contributed by atoms with Gasteiger partial charge in [-0.25, -0.2) is 4.79 Å². The summed E-state index contributed by atoms with van der Waals surface area (Å²) in [5.41, 5.74) is -0.312. The van der Waals surface area contributed by atoms with E-state index >= 15 is 0 Å². The van der Waals surface area contributed by atoms with Gasteiger partial charge in [0.25, 0.3) is 0 Å². The first-order chi connectivity index (χ1) is 13.3. The van der Waals surface area contributed by atoms with Gasteiger partial charge < -0.3 is 20.5 Å². The highest BCUT2D eigenvalue weighted by atomic mass is 35.5. The zero-order chi connectivity index (χ0) is 20.6. The SMILES string of the molecule is C1CNCCN1.CC(C)(Oc1ccc(C(=O)c2ccc(Cl)cc2)cc1)C(=O)O. The highest BCUT2D eigenvalue weighted by molar-refractivity contribution is 6.30. The molecule has 0 saturated carbocycles. The third-order valence-corrected chi connectivity index (χ3v) is 4.32. The van der Waals surface area contributed by atoms with Gasteiger partial charge in [0.2, 0.25) is 0 Å². The Labute approximate surface area is 169 Å². The Hall–Kier alpha value is -2.41. The van der Waals surface area contributed by atoms with Crippen LogP contribution < -0.4 is 15.4 Å². The summed E-state index contributed by atoms with van der Waals surface area (Å²) in [5.74, 6) is -0.811. The summed E-state index contributed by atoms with van der Waals surface area (Å²) >= 11 is 5.79. The van der Waals surface area contributed by atoms with Crippen LogP contribution >= 0.6 is 11.6 Å². The fraction of sp³-hybridized carbons (Fsp3) is 0.333. The number of ketones is 1. The molecule has 3 rings (SSSR count). The molecule has 0 aliphatic carbocycles. The molecule has 1 saturated heterocycles. The molecule has 1 heterocycles. The summed E-state index contributed by atoms with van der Waals surface area (Å²) < 4.78 is 5.39. The largest absolute Gasteiger partial charge is 0.478 e. The van der Waals surface area contributed by atoms with Crippen molar-refractivity contribution in [2.75, 3.05) is 26.2 Å². The van der Waals surface area contributed by atoms with Gasteiger partial charge in [-0.2, -0.15) is 0 Å². The van der Waals surface area contributed by atoms with Crippen molar-refractivity contribution in [3.05, 3.63) is 64.7 Å². The summed E-state index contributed by atoms with van der Waals surface area (Å²) in [5, 5.41) is 16.0. The Balaban J connectivity index is 0.000000397. The van der Waals surface area contributed by atoms with Gasteiger partial charge in [0, 0.05) is 42.3 Å². The van der Waals surface area contributed by atoms with Crippen molar-refractivity contribution in [3.63, 3.8) is 0 Å². The van der Waals surface area contributed by atoms with Crippen LogP contribution in [0.15, 0.2) is 48.5 Å². The Morgan fingerprint density at radius 2 is 1.32 bits per heavy atom. The maximum absolute atomic E-state index is 12.3. The second-order valence-electron chi connectivity index (χ2n) is 6.78. The predicted molar refractivity (Wildman–Crippen MR) is 109 cm³/mol. The van der Waals surface area contributed by atoms with Crippen molar-refractivity contribution in [1.82, 2.24) is 10.6 Å². The highest BCUT2D eigenvalue weighted by Gasteiger charge is 2.29. The number of aliphatic carboxylic acids is 1. The van der Waals surface area contributed by atoms with Crippen LogP contribution in [-0.4, -0.2) is 48.6 Å². The number of carbonyl (C=O) groups excluding carboxylic acids is 1. The quantitative estimate of drug-likeness (QED) is 0.664. The summed E-state index contributed by atoms with van der Waals surface area (Å²) in [7, 11) is 0. The van der Waals surface area contributed by atoms with Crippen molar-refractivity contribution in [3.8, 4) is 5.75 Å². The van der Waals surface area contributed by atoms with E-state index in [0.717, 1.165) is 26.2 Å². The summed E-state index contributed by atoms with van der Waals surface area (Å²) in [6.45, 7) is 7.48. The number of benzene rings is 2. The predicted octanol–water partition coefficient (Wildman–Crippen LogP) is 2.99. The van der Waals surface area contributed by atoms with Crippen LogP contribution in [0.1, 0.15) is 29.8 Å². The van der Waals surface area contributed by atoms with Gasteiger partial charge in [-0.3, -0.25) is 4.79 Å². The molecule has 2 aromatic rings. The number of nitrogens with one attached hydrogen (secondary N) is 2. The molecule has 0 spiro atoms. The van der Waals surface area contributed by atoms with Gasteiger partial charge in [-0.1, -0.05) is 11.6 Å². The number of carboxylic acids is 1. The first-order valence-electron chi connectivity index (χ1n) is 9.04. The Morgan fingerprint density at radius 3 is 1.71 bits per heavy atom. The second-order valence-corrected chi connectivity index (χ2v) is 7.21. The van der Waals surface area contributed by atoms with E-state index in [9.17, 15) is 9.59 Å². The smallest absolute Gasteiger partial charge is 0.347 e. The summed E-state index contributed by atoms with van der Waals surface area (Å²) in [4.78, 5) is 23.3. The van der Waals surface area contributed by atoms with Crippen molar-refractivity contribution in [1.29, 1.82) is 0 Å². The van der Waals surface area contributed by atoms with E-state index < -0.39 is 11.6 Å². The monoisotopic (exact) mass is 404 g/mol. The Bertz CT molecular complexity index is 774. The first kappa shape index (κ1) is 21.9. The van der Waals surface area contributed by atoms with Crippen LogP contribution in [0.25, 0.3) is 0 Å². The van der Waals surface area contributed by atoms with Crippen LogP contribution in [0.2, 0.25) is 5.02 Å².